The van der Waals surface area contributed by atoms with E-state index in [0.29, 0.717) is 0 Å². The maximum Gasteiger partial charge on any atom is 0.408 e. The smallest absolute Gasteiger partial charge is 0.408 e. The SMILES string of the molecule is CC(C)[C@H](NC(=O)OC(C)(C)C)C(=O)Nc1ncnn2c([C@]3(C#N)O[C@H](COC(=O)Cc4ccccc4)[C@@H](O)[C@H]3O)ccc12. The molecule has 44 heavy (non-hydrogen) atoms. The molecule has 0 aliphatic carbocycles. The Morgan fingerprint density at radius 2 is 1.86 bits per heavy atom. The van der Waals surface area contributed by atoms with E-state index in [2.05, 4.69) is 20.7 Å². The van der Waals surface area contributed by atoms with Crippen LogP contribution in [0, 0.1) is 17.2 Å². The number of hydrogen-bond donors (Lipinski definition) is 4. The Kier molecular flexibility index (Phi) is 9.53. The molecule has 0 saturated carbocycles. The minimum absolute atomic E-state index is 0.00464. The summed E-state index contributed by atoms with van der Waals surface area (Å²) in [6.45, 7) is 8.21. The molecule has 4 rings (SSSR count). The van der Waals surface area contributed by atoms with Gasteiger partial charge in [-0.15, -0.1) is 0 Å². The number of aliphatic hydroxyl groups is 2. The number of alkyl carbamates (subject to hydrolysis) is 1. The second-order valence-electron chi connectivity index (χ2n) is 11.8. The number of hydrogen-bond acceptors (Lipinski definition) is 11. The lowest BCUT2D eigenvalue weighted by Gasteiger charge is -2.25. The average Bonchev–Trinajstić information content (AvgIpc) is 3.50. The van der Waals surface area contributed by atoms with Crippen LogP contribution in [0.25, 0.3) is 5.52 Å². The Hall–Kier alpha value is -4.58. The van der Waals surface area contributed by atoms with Gasteiger partial charge >= 0.3 is 12.1 Å². The first-order valence-corrected chi connectivity index (χ1v) is 14.0. The van der Waals surface area contributed by atoms with E-state index in [9.17, 15) is 29.9 Å². The summed E-state index contributed by atoms with van der Waals surface area (Å²) >= 11 is 0. The van der Waals surface area contributed by atoms with Gasteiger partial charge in [-0.1, -0.05) is 44.2 Å². The molecule has 1 aliphatic heterocycles. The van der Waals surface area contributed by atoms with Crippen molar-refractivity contribution in [3.63, 3.8) is 0 Å². The van der Waals surface area contributed by atoms with E-state index in [0.717, 1.165) is 11.9 Å². The molecule has 0 spiro atoms. The largest absolute Gasteiger partial charge is 0.463 e. The van der Waals surface area contributed by atoms with Gasteiger partial charge in [0.15, 0.2) is 5.82 Å². The van der Waals surface area contributed by atoms with Gasteiger partial charge in [0, 0.05) is 0 Å². The second-order valence-corrected chi connectivity index (χ2v) is 11.8. The highest BCUT2D eigenvalue weighted by Gasteiger charge is 2.57. The van der Waals surface area contributed by atoms with Gasteiger partial charge in [0.2, 0.25) is 11.5 Å². The fourth-order valence-corrected chi connectivity index (χ4v) is 4.78. The molecule has 1 aliphatic rings. The van der Waals surface area contributed by atoms with Crippen molar-refractivity contribution in [2.45, 2.75) is 76.6 Å². The number of nitriles is 1. The summed E-state index contributed by atoms with van der Waals surface area (Å²) in [5, 5.41) is 41.4. The minimum atomic E-state index is -2.10. The van der Waals surface area contributed by atoms with Gasteiger partial charge in [-0.05, 0) is 44.4 Å². The van der Waals surface area contributed by atoms with Crippen molar-refractivity contribution in [2.75, 3.05) is 11.9 Å². The van der Waals surface area contributed by atoms with Crippen molar-refractivity contribution in [3.8, 4) is 6.07 Å². The molecule has 1 fully saturated rings. The number of nitrogens with zero attached hydrogens (tertiary/aromatic N) is 4. The predicted molar refractivity (Wildman–Crippen MR) is 155 cm³/mol. The number of aliphatic hydroxyl groups excluding tert-OH is 2. The Morgan fingerprint density at radius 3 is 2.50 bits per heavy atom. The summed E-state index contributed by atoms with van der Waals surface area (Å²) in [7, 11) is 0. The van der Waals surface area contributed by atoms with E-state index in [1.54, 1.807) is 58.9 Å². The summed E-state index contributed by atoms with van der Waals surface area (Å²) in [6.07, 6.45) is -4.16. The van der Waals surface area contributed by atoms with Crippen molar-refractivity contribution >= 4 is 29.3 Å². The van der Waals surface area contributed by atoms with Crippen LogP contribution >= 0.6 is 0 Å². The van der Waals surface area contributed by atoms with Crippen LogP contribution in [0.5, 0.6) is 0 Å². The molecule has 0 unspecified atom stereocenters. The van der Waals surface area contributed by atoms with Crippen LogP contribution in [0.2, 0.25) is 0 Å². The van der Waals surface area contributed by atoms with Crippen LogP contribution < -0.4 is 10.6 Å². The number of carbonyl (C=O) groups is 3. The lowest BCUT2D eigenvalue weighted by molar-refractivity contribution is -0.149. The standard InChI is InChI=1S/C30H36N6O8/c1-17(2)23(34-28(41)44-29(3,4)5)27(40)35-26-19-11-12-21(36(19)33-16-32-26)30(15-31)25(39)24(38)20(43-30)14-42-22(37)13-18-9-7-6-8-10-18/h6-12,16-17,20,23-25,38-39H,13-14H2,1-5H3,(H,34,41)(H,32,33,35,40)/t20-,23+,24-,25-,30+/m1/s1. The van der Waals surface area contributed by atoms with Gasteiger partial charge in [-0.3, -0.25) is 9.59 Å². The van der Waals surface area contributed by atoms with Crippen molar-refractivity contribution in [1.29, 1.82) is 5.26 Å². The van der Waals surface area contributed by atoms with Crippen molar-refractivity contribution < 1.29 is 38.8 Å². The molecular formula is C30H36N6O8. The molecule has 3 heterocycles. The van der Waals surface area contributed by atoms with Crippen LogP contribution in [0.3, 0.4) is 0 Å². The van der Waals surface area contributed by atoms with Gasteiger partial charge in [-0.2, -0.15) is 10.4 Å². The predicted octanol–water partition coefficient (Wildman–Crippen LogP) is 1.84. The Labute approximate surface area is 253 Å². The molecule has 3 aromatic rings. The second kappa shape index (κ2) is 13.0. The topological polar surface area (TPSA) is 197 Å². The number of fused-ring (bicyclic) bond motifs is 1. The molecule has 14 nitrogen and oxygen atoms in total. The van der Waals surface area contributed by atoms with Gasteiger partial charge in [-0.25, -0.2) is 14.3 Å². The Morgan fingerprint density at radius 1 is 1.16 bits per heavy atom. The number of carbonyl (C=O) groups excluding carboxylic acids is 3. The quantitative estimate of drug-likeness (QED) is 0.259. The summed E-state index contributed by atoms with van der Waals surface area (Å²) in [4.78, 5) is 42.1. The van der Waals surface area contributed by atoms with Crippen LogP contribution in [-0.2, 0) is 35.8 Å². The maximum absolute atomic E-state index is 13.2. The van der Waals surface area contributed by atoms with Gasteiger partial charge in [0.05, 0.1) is 12.1 Å². The minimum Gasteiger partial charge on any atom is -0.463 e. The summed E-state index contributed by atoms with van der Waals surface area (Å²) in [5.74, 6) is -1.40. The van der Waals surface area contributed by atoms with E-state index in [1.165, 1.54) is 16.6 Å². The lowest BCUT2D eigenvalue weighted by atomic mass is 9.92. The lowest BCUT2D eigenvalue weighted by Crippen LogP contribution is -2.48. The average molecular weight is 609 g/mol. The Balaban J connectivity index is 1.52. The van der Waals surface area contributed by atoms with Crippen molar-refractivity contribution in [1.82, 2.24) is 19.9 Å². The number of esters is 1. The van der Waals surface area contributed by atoms with E-state index < -0.39 is 60.1 Å². The van der Waals surface area contributed by atoms with E-state index in [-0.39, 0.29) is 29.4 Å². The zero-order valence-electron chi connectivity index (χ0n) is 25.1. The number of anilines is 1. The summed E-state index contributed by atoms with van der Waals surface area (Å²) in [5.41, 5.74) is -1.84. The number of rotatable bonds is 9. The molecule has 2 aromatic heterocycles. The first kappa shape index (κ1) is 32.3. The van der Waals surface area contributed by atoms with E-state index in [1.807, 2.05) is 12.1 Å². The van der Waals surface area contributed by atoms with Crippen molar-refractivity contribution in [3.05, 3.63) is 60.0 Å². The molecule has 1 aromatic carbocycles. The number of nitrogens with one attached hydrogen (secondary N) is 2. The van der Waals surface area contributed by atoms with E-state index >= 15 is 0 Å². The zero-order chi connectivity index (χ0) is 32.2. The van der Waals surface area contributed by atoms with Gasteiger partial charge in [0.25, 0.3) is 0 Å². The Bertz CT molecular complexity index is 1550. The molecule has 1 saturated heterocycles. The molecular weight excluding hydrogens is 572 g/mol. The van der Waals surface area contributed by atoms with Crippen molar-refractivity contribution in [2.24, 2.45) is 5.92 Å². The van der Waals surface area contributed by atoms with Crippen LogP contribution in [0.4, 0.5) is 10.6 Å². The molecule has 5 atom stereocenters. The highest BCUT2D eigenvalue weighted by atomic mass is 16.6. The molecule has 0 radical (unpaired) electrons. The molecule has 4 N–H and O–H groups in total. The maximum atomic E-state index is 13.2. The molecule has 234 valence electrons. The number of amides is 2. The normalized spacial score (nSPS) is 22.3. The molecule has 0 bridgehead atoms. The van der Waals surface area contributed by atoms with Crippen LogP contribution in [0.15, 0.2) is 48.8 Å². The monoisotopic (exact) mass is 608 g/mol. The third kappa shape index (κ3) is 6.96. The molecule has 14 heteroatoms. The van der Waals surface area contributed by atoms with Gasteiger partial charge < -0.3 is 35.1 Å². The fourth-order valence-electron chi connectivity index (χ4n) is 4.78. The number of ether oxygens (including phenoxy) is 3. The van der Waals surface area contributed by atoms with Crippen LogP contribution in [0.1, 0.15) is 45.9 Å². The van der Waals surface area contributed by atoms with Crippen LogP contribution in [-0.4, -0.2) is 79.3 Å². The van der Waals surface area contributed by atoms with Gasteiger partial charge in [0.1, 0.15) is 54.5 Å². The zero-order valence-corrected chi connectivity index (χ0v) is 25.1. The molecule has 2 amide bonds. The van der Waals surface area contributed by atoms with E-state index in [4.69, 9.17) is 14.2 Å². The summed E-state index contributed by atoms with van der Waals surface area (Å²) in [6, 6.07) is 12.8. The highest BCUT2D eigenvalue weighted by Crippen LogP contribution is 2.40. The third-order valence-electron chi connectivity index (χ3n) is 6.92. The summed E-state index contributed by atoms with van der Waals surface area (Å²) < 4.78 is 17.7. The first-order chi connectivity index (χ1) is 20.8. The third-order valence-corrected chi connectivity index (χ3v) is 6.92. The number of aromatic nitrogens is 3. The fraction of sp³-hybridized carbons (Fsp3) is 0.467. The highest BCUT2D eigenvalue weighted by molar-refractivity contribution is 5.98. The first-order valence-electron chi connectivity index (χ1n) is 14.0. The number of benzene rings is 1.